The van der Waals surface area contributed by atoms with Crippen LogP contribution in [-0.4, -0.2) is 52.3 Å². The van der Waals surface area contributed by atoms with E-state index < -0.39 is 0 Å². The molecule has 0 spiro atoms. The van der Waals surface area contributed by atoms with Crippen molar-refractivity contribution in [3.8, 4) is 0 Å². The van der Waals surface area contributed by atoms with Gasteiger partial charge in [0.1, 0.15) is 5.69 Å². The fraction of sp³-hybridized carbons (Fsp3) is 0.476. The van der Waals surface area contributed by atoms with Crippen LogP contribution in [0.15, 0.2) is 36.4 Å². The number of para-hydroxylation sites is 1. The second kappa shape index (κ2) is 7.06. The highest BCUT2D eigenvalue weighted by Gasteiger charge is 2.40. The van der Waals surface area contributed by atoms with Crippen LogP contribution in [0.4, 0.5) is 0 Å². The molecule has 0 radical (unpaired) electrons. The third-order valence-electron chi connectivity index (χ3n) is 5.71. The molecule has 4 rings (SSSR count). The fourth-order valence-electron chi connectivity index (χ4n) is 4.41. The molecule has 0 bridgehead atoms. The Morgan fingerprint density at radius 2 is 2.04 bits per heavy atom. The van der Waals surface area contributed by atoms with Crippen LogP contribution in [0.1, 0.15) is 43.1 Å². The number of carbonyl (C=O) groups excluding carboxylic acids is 2. The highest BCUT2D eigenvalue weighted by molar-refractivity contribution is 5.95. The summed E-state index contributed by atoms with van der Waals surface area (Å²) in [6.45, 7) is 4.37. The van der Waals surface area contributed by atoms with Gasteiger partial charge in [0.05, 0.1) is 5.52 Å². The molecule has 2 amide bonds. The average molecular weight is 351 g/mol. The zero-order valence-electron chi connectivity index (χ0n) is 15.2. The van der Waals surface area contributed by atoms with E-state index in [0.717, 1.165) is 43.3 Å². The summed E-state index contributed by atoms with van der Waals surface area (Å²) in [6, 6.07) is 11.9. The van der Waals surface area contributed by atoms with Crippen LogP contribution >= 0.6 is 0 Å². The number of piperidine rings is 2. The van der Waals surface area contributed by atoms with Gasteiger partial charge in [0.15, 0.2) is 0 Å². The molecule has 1 aromatic heterocycles. The van der Waals surface area contributed by atoms with Gasteiger partial charge in [-0.3, -0.25) is 9.59 Å². The number of carbonyl (C=O) groups is 2. The molecule has 1 aromatic carbocycles. The van der Waals surface area contributed by atoms with E-state index in [-0.39, 0.29) is 11.8 Å². The lowest BCUT2D eigenvalue weighted by molar-refractivity contribution is -0.140. The summed E-state index contributed by atoms with van der Waals surface area (Å²) in [5.41, 5.74) is 1.37. The Balaban J connectivity index is 1.50. The van der Waals surface area contributed by atoms with Gasteiger partial charge in [-0.05, 0) is 37.3 Å². The quantitative estimate of drug-likeness (QED) is 0.854. The van der Waals surface area contributed by atoms with Crippen molar-refractivity contribution in [2.45, 2.75) is 38.6 Å². The SMILES string of the molecule is CCCN1C(=O)CC[C@H]2CN(C(=O)c3ccc4ccccc4n3)CC[C@H]21. The Labute approximate surface area is 154 Å². The van der Waals surface area contributed by atoms with Crippen molar-refractivity contribution < 1.29 is 9.59 Å². The van der Waals surface area contributed by atoms with Gasteiger partial charge in [-0.1, -0.05) is 31.2 Å². The van der Waals surface area contributed by atoms with E-state index in [0.29, 0.717) is 30.6 Å². The summed E-state index contributed by atoms with van der Waals surface area (Å²) in [5.74, 6) is 0.676. The van der Waals surface area contributed by atoms with Gasteiger partial charge in [-0.25, -0.2) is 4.98 Å². The van der Waals surface area contributed by atoms with Crippen molar-refractivity contribution in [1.29, 1.82) is 0 Å². The number of hydrogen-bond acceptors (Lipinski definition) is 3. The highest BCUT2D eigenvalue weighted by Crippen LogP contribution is 2.32. The monoisotopic (exact) mass is 351 g/mol. The fourth-order valence-corrected chi connectivity index (χ4v) is 4.41. The molecule has 2 saturated heterocycles. The largest absolute Gasteiger partial charge is 0.339 e. The van der Waals surface area contributed by atoms with Gasteiger partial charge in [0, 0.05) is 37.5 Å². The van der Waals surface area contributed by atoms with Gasteiger partial charge in [0.2, 0.25) is 5.91 Å². The van der Waals surface area contributed by atoms with E-state index >= 15 is 0 Å². The molecule has 0 N–H and O–H groups in total. The number of aromatic nitrogens is 1. The summed E-state index contributed by atoms with van der Waals surface area (Å²) < 4.78 is 0. The topological polar surface area (TPSA) is 53.5 Å². The van der Waals surface area contributed by atoms with Gasteiger partial charge < -0.3 is 9.80 Å². The van der Waals surface area contributed by atoms with E-state index in [1.54, 1.807) is 0 Å². The number of benzene rings is 1. The number of rotatable bonds is 3. The summed E-state index contributed by atoms with van der Waals surface area (Å²) >= 11 is 0. The predicted molar refractivity (Wildman–Crippen MR) is 101 cm³/mol. The minimum atomic E-state index is 0.00754. The van der Waals surface area contributed by atoms with Gasteiger partial charge in [-0.2, -0.15) is 0 Å². The smallest absolute Gasteiger partial charge is 0.272 e. The third-order valence-corrected chi connectivity index (χ3v) is 5.71. The summed E-state index contributed by atoms with van der Waals surface area (Å²) in [4.78, 5) is 33.8. The molecule has 2 aliphatic heterocycles. The van der Waals surface area contributed by atoms with Crippen LogP contribution in [-0.2, 0) is 4.79 Å². The van der Waals surface area contributed by atoms with Crippen molar-refractivity contribution >= 4 is 22.7 Å². The van der Waals surface area contributed by atoms with Crippen LogP contribution in [0.5, 0.6) is 0 Å². The zero-order valence-corrected chi connectivity index (χ0v) is 15.2. The summed E-state index contributed by atoms with van der Waals surface area (Å²) in [5, 5.41) is 1.05. The average Bonchev–Trinajstić information content (AvgIpc) is 2.69. The Kier molecular flexibility index (Phi) is 4.62. The van der Waals surface area contributed by atoms with Crippen LogP contribution in [0.25, 0.3) is 10.9 Å². The Hall–Kier alpha value is -2.43. The summed E-state index contributed by atoms with van der Waals surface area (Å²) in [6.07, 6.45) is 3.35. The van der Waals surface area contributed by atoms with Gasteiger partial charge >= 0.3 is 0 Å². The Morgan fingerprint density at radius 3 is 2.88 bits per heavy atom. The highest BCUT2D eigenvalue weighted by atomic mass is 16.2. The van der Waals surface area contributed by atoms with E-state index in [9.17, 15) is 9.59 Å². The molecule has 2 atom stereocenters. The summed E-state index contributed by atoms with van der Waals surface area (Å²) in [7, 11) is 0. The first-order valence-corrected chi connectivity index (χ1v) is 9.62. The standard InChI is InChI=1S/C21H25N3O2/c1-2-12-24-19-11-13-23(14-16(19)8-10-20(24)25)21(26)18-9-7-15-5-3-4-6-17(15)22-18/h3-7,9,16,19H,2,8,10-14H2,1H3/t16-,19+/m0/s1. The number of hydrogen-bond donors (Lipinski definition) is 0. The molecule has 5 nitrogen and oxygen atoms in total. The second-order valence-corrected chi connectivity index (χ2v) is 7.38. The van der Waals surface area contributed by atoms with Crippen LogP contribution in [0.3, 0.4) is 0 Å². The van der Waals surface area contributed by atoms with Crippen molar-refractivity contribution in [2.75, 3.05) is 19.6 Å². The van der Waals surface area contributed by atoms with Gasteiger partial charge in [-0.15, -0.1) is 0 Å². The van der Waals surface area contributed by atoms with Gasteiger partial charge in [0.25, 0.3) is 5.91 Å². The Morgan fingerprint density at radius 1 is 1.19 bits per heavy atom. The minimum Gasteiger partial charge on any atom is -0.339 e. The van der Waals surface area contributed by atoms with E-state index in [1.165, 1.54) is 0 Å². The predicted octanol–water partition coefficient (Wildman–Crippen LogP) is 3.10. The number of likely N-dealkylation sites (tertiary alicyclic amines) is 2. The number of nitrogens with zero attached hydrogens (tertiary/aromatic N) is 3. The van der Waals surface area contributed by atoms with Crippen LogP contribution < -0.4 is 0 Å². The van der Waals surface area contributed by atoms with Crippen molar-refractivity contribution in [1.82, 2.24) is 14.8 Å². The molecule has 2 aromatic rings. The first-order chi connectivity index (χ1) is 12.7. The third kappa shape index (κ3) is 3.06. The molecule has 0 unspecified atom stereocenters. The first-order valence-electron chi connectivity index (χ1n) is 9.62. The zero-order chi connectivity index (χ0) is 18.1. The molecule has 136 valence electrons. The Bertz CT molecular complexity index is 835. The maximum Gasteiger partial charge on any atom is 0.272 e. The number of amides is 2. The van der Waals surface area contributed by atoms with E-state index in [4.69, 9.17) is 0 Å². The van der Waals surface area contributed by atoms with E-state index in [2.05, 4.69) is 16.8 Å². The van der Waals surface area contributed by atoms with Crippen LogP contribution in [0, 0.1) is 5.92 Å². The molecule has 2 fully saturated rings. The molecule has 2 aliphatic rings. The molecular weight excluding hydrogens is 326 g/mol. The lowest BCUT2D eigenvalue weighted by atomic mass is 9.83. The number of fused-ring (bicyclic) bond motifs is 2. The normalized spacial score (nSPS) is 23.2. The molecule has 3 heterocycles. The van der Waals surface area contributed by atoms with Crippen LogP contribution in [0.2, 0.25) is 0 Å². The first kappa shape index (κ1) is 17.0. The lowest BCUT2D eigenvalue weighted by Crippen LogP contribution is -2.57. The second-order valence-electron chi connectivity index (χ2n) is 7.38. The molecule has 5 heteroatoms. The van der Waals surface area contributed by atoms with Crippen molar-refractivity contribution in [2.24, 2.45) is 5.92 Å². The van der Waals surface area contributed by atoms with E-state index in [1.807, 2.05) is 41.3 Å². The maximum atomic E-state index is 13.0. The maximum absolute atomic E-state index is 13.0. The molecule has 26 heavy (non-hydrogen) atoms. The minimum absolute atomic E-state index is 0.00754. The van der Waals surface area contributed by atoms with Crippen molar-refractivity contribution in [3.63, 3.8) is 0 Å². The molecule has 0 saturated carbocycles. The molecule has 0 aliphatic carbocycles. The number of pyridine rings is 1. The lowest BCUT2D eigenvalue weighted by Gasteiger charge is -2.47. The molecular formula is C21H25N3O2. The van der Waals surface area contributed by atoms with Crippen molar-refractivity contribution in [3.05, 3.63) is 42.1 Å².